The lowest BCUT2D eigenvalue weighted by Gasteiger charge is -2.30. The quantitative estimate of drug-likeness (QED) is 0.143. The first-order valence-electron chi connectivity index (χ1n) is 24.6. The summed E-state index contributed by atoms with van der Waals surface area (Å²) in [6.07, 6.45) is 0. The number of hydrogen-bond donors (Lipinski definition) is 0. The van der Waals surface area contributed by atoms with Crippen molar-refractivity contribution in [2.24, 2.45) is 0 Å². The Hall–Kier alpha value is -9.22. The van der Waals surface area contributed by atoms with Crippen molar-refractivity contribution in [3.63, 3.8) is 0 Å². The van der Waals surface area contributed by atoms with Crippen molar-refractivity contribution in [1.29, 1.82) is 0 Å². The first-order chi connectivity index (χ1) is 35.7. The standard InChI is InChI=1S/C68H45N3S/c1-4-22-53(23-5-1)69(54-24-6-2-7-25-54)58-41-52(49-21-16-20-48(39-49)51-33-38-67-64(43-51)63-36-32-47-18-12-13-28-60(47)68(63)72-67)42-59(44-58)70(55-26-8-3-9-27-55)57-35-37-62-61-29-14-15-30-65(61)71(66(62)45-57)56-34-31-46-17-10-11-19-50(46)40-56/h1-45H. The van der Waals surface area contributed by atoms with E-state index in [1.165, 1.54) is 69.1 Å². The fourth-order valence-corrected chi connectivity index (χ4v) is 12.1. The second-order valence-corrected chi connectivity index (χ2v) is 19.6. The summed E-state index contributed by atoms with van der Waals surface area (Å²) in [5, 5.41) is 10.1. The van der Waals surface area contributed by atoms with Gasteiger partial charge in [-0.2, -0.15) is 0 Å². The molecule has 2 aromatic heterocycles. The van der Waals surface area contributed by atoms with Gasteiger partial charge < -0.3 is 14.4 Å². The van der Waals surface area contributed by atoms with Gasteiger partial charge in [0.05, 0.1) is 11.0 Å². The molecule has 72 heavy (non-hydrogen) atoms. The van der Waals surface area contributed by atoms with Gasteiger partial charge in [0.1, 0.15) is 0 Å². The highest BCUT2D eigenvalue weighted by atomic mass is 32.1. The Morgan fingerprint density at radius 1 is 0.264 bits per heavy atom. The number of para-hydroxylation sites is 4. The zero-order valence-electron chi connectivity index (χ0n) is 39.2. The van der Waals surface area contributed by atoms with Crippen LogP contribution in [0.25, 0.3) is 91.5 Å². The maximum Gasteiger partial charge on any atom is 0.0561 e. The van der Waals surface area contributed by atoms with Gasteiger partial charge in [0.15, 0.2) is 0 Å². The maximum atomic E-state index is 2.43. The summed E-state index contributed by atoms with van der Waals surface area (Å²) >= 11 is 1.89. The van der Waals surface area contributed by atoms with E-state index in [0.717, 1.165) is 56.5 Å². The molecule has 14 aromatic rings. The van der Waals surface area contributed by atoms with Crippen LogP contribution in [0.2, 0.25) is 0 Å². The number of benzene rings is 12. The number of anilines is 6. The minimum atomic E-state index is 1.04. The van der Waals surface area contributed by atoms with Crippen LogP contribution >= 0.6 is 11.3 Å². The van der Waals surface area contributed by atoms with Crippen molar-refractivity contribution in [3.8, 4) is 27.9 Å². The van der Waals surface area contributed by atoms with E-state index in [1.807, 2.05) is 11.3 Å². The van der Waals surface area contributed by atoms with Gasteiger partial charge in [0.25, 0.3) is 0 Å². The van der Waals surface area contributed by atoms with Gasteiger partial charge in [-0.25, -0.2) is 0 Å². The predicted octanol–water partition coefficient (Wildman–Crippen LogP) is 19.7. The molecular formula is C68H45N3S. The Balaban J connectivity index is 0.977. The number of rotatable bonds is 9. The van der Waals surface area contributed by atoms with Crippen molar-refractivity contribution in [2.45, 2.75) is 0 Å². The van der Waals surface area contributed by atoms with Crippen LogP contribution in [-0.4, -0.2) is 4.57 Å². The Labute approximate surface area is 422 Å². The highest BCUT2D eigenvalue weighted by molar-refractivity contribution is 7.26. The van der Waals surface area contributed by atoms with Crippen molar-refractivity contribution >= 4 is 109 Å². The molecule has 3 nitrogen and oxygen atoms in total. The van der Waals surface area contributed by atoms with Crippen LogP contribution in [0.5, 0.6) is 0 Å². The largest absolute Gasteiger partial charge is 0.310 e. The molecular weight excluding hydrogens is 891 g/mol. The summed E-state index contributed by atoms with van der Waals surface area (Å²) in [7, 11) is 0. The van der Waals surface area contributed by atoms with Gasteiger partial charge in [-0.15, -0.1) is 11.3 Å². The second-order valence-electron chi connectivity index (χ2n) is 18.6. The Bertz CT molecular complexity index is 4310. The molecule has 14 rings (SSSR count). The number of hydrogen-bond acceptors (Lipinski definition) is 3. The third-order valence-electron chi connectivity index (χ3n) is 14.3. The van der Waals surface area contributed by atoms with Gasteiger partial charge >= 0.3 is 0 Å². The fourth-order valence-electron chi connectivity index (χ4n) is 10.9. The normalized spacial score (nSPS) is 11.6. The van der Waals surface area contributed by atoms with Crippen LogP contribution in [0, 0.1) is 0 Å². The summed E-state index contributed by atoms with van der Waals surface area (Å²) in [5.74, 6) is 0. The van der Waals surface area contributed by atoms with Crippen molar-refractivity contribution in [2.75, 3.05) is 9.80 Å². The monoisotopic (exact) mass is 935 g/mol. The number of nitrogens with zero attached hydrogens (tertiary/aromatic N) is 3. The average Bonchev–Trinajstić information content (AvgIpc) is 3.99. The minimum absolute atomic E-state index is 1.04. The van der Waals surface area contributed by atoms with E-state index in [1.54, 1.807) is 0 Å². The Morgan fingerprint density at radius 2 is 0.819 bits per heavy atom. The van der Waals surface area contributed by atoms with Gasteiger partial charge in [-0.05, 0) is 147 Å². The van der Waals surface area contributed by atoms with Crippen molar-refractivity contribution in [3.05, 3.63) is 273 Å². The third-order valence-corrected chi connectivity index (χ3v) is 15.5. The predicted molar refractivity (Wildman–Crippen MR) is 309 cm³/mol. The van der Waals surface area contributed by atoms with E-state index in [4.69, 9.17) is 0 Å². The van der Waals surface area contributed by atoms with Gasteiger partial charge in [0, 0.05) is 70.8 Å². The molecule has 12 aromatic carbocycles. The van der Waals surface area contributed by atoms with Crippen molar-refractivity contribution in [1.82, 2.24) is 4.57 Å². The Morgan fingerprint density at radius 3 is 1.54 bits per heavy atom. The molecule has 0 fully saturated rings. The topological polar surface area (TPSA) is 11.4 Å². The molecule has 0 bridgehead atoms. The van der Waals surface area contributed by atoms with Crippen LogP contribution < -0.4 is 9.80 Å². The van der Waals surface area contributed by atoms with Crippen LogP contribution in [0.15, 0.2) is 273 Å². The van der Waals surface area contributed by atoms with Crippen LogP contribution in [-0.2, 0) is 0 Å². The lowest BCUT2D eigenvalue weighted by atomic mass is 9.96. The molecule has 0 radical (unpaired) electrons. The lowest BCUT2D eigenvalue weighted by molar-refractivity contribution is 1.18. The zero-order chi connectivity index (χ0) is 47.5. The fraction of sp³-hybridized carbons (Fsp3) is 0. The molecule has 0 aliphatic rings. The van der Waals surface area contributed by atoms with E-state index >= 15 is 0 Å². The smallest absolute Gasteiger partial charge is 0.0561 e. The molecule has 4 heteroatoms. The molecule has 0 saturated carbocycles. The van der Waals surface area contributed by atoms with Gasteiger partial charge in [-0.3, -0.25) is 0 Å². The van der Waals surface area contributed by atoms with Crippen molar-refractivity contribution < 1.29 is 0 Å². The average molecular weight is 936 g/mol. The Kier molecular flexibility index (Phi) is 10.0. The molecule has 2 heterocycles. The van der Waals surface area contributed by atoms with E-state index in [9.17, 15) is 0 Å². The molecule has 0 aliphatic carbocycles. The summed E-state index contributed by atoms with van der Waals surface area (Å²) in [5.41, 5.74) is 14.5. The molecule has 0 N–H and O–H groups in total. The molecule has 0 atom stereocenters. The van der Waals surface area contributed by atoms with Gasteiger partial charge in [0.2, 0.25) is 0 Å². The van der Waals surface area contributed by atoms with Crippen LogP contribution in [0.1, 0.15) is 0 Å². The summed E-state index contributed by atoms with van der Waals surface area (Å²) in [6.45, 7) is 0. The molecule has 0 aliphatic heterocycles. The van der Waals surface area contributed by atoms with Crippen LogP contribution in [0.3, 0.4) is 0 Å². The highest BCUT2D eigenvalue weighted by Crippen LogP contribution is 2.46. The van der Waals surface area contributed by atoms with E-state index in [-0.39, 0.29) is 0 Å². The second kappa shape index (κ2) is 17.3. The maximum absolute atomic E-state index is 2.43. The van der Waals surface area contributed by atoms with E-state index in [0.29, 0.717) is 0 Å². The SMILES string of the molecule is c1ccc(N(c2ccccc2)c2cc(-c3cccc(-c4ccc5sc6c7ccccc7ccc6c5c4)c3)cc(N(c3ccccc3)c3ccc4c5ccccc5n(-c5ccc6ccccc6c5)c4c3)c2)cc1. The zero-order valence-corrected chi connectivity index (χ0v) is 40.0. The lowest BCUT2D eigenvalue weighted by Crippen LogP contribution is -2.13. The first kappa shape index (κ1) is 41.7. The molecule has 0 unspecified atom stereocenters. The number of aromatic nitrogens is 1. The molecule has 0 saturated heterocycles. The van der Waals surface area contributed by atoms with Crippen LogP contribution in [0.4, 0.5) is 34.1 Å². The summed E-state index contributed by atoms with van der Waals surface area (Å²) in [6, 6.07) is 99.9. The number of thiophene rings is 1. The first-order valence-corrected chi connectivity index (χ1v) is 25.4. The van der Waals surface area contributed by atoms with E-state index < -0.39 is 0 Å². The minimum Gasteiger partial charge on any atom is -0.310 e. The molecule has 0 amide bonds. The summed E-state index contributed by atoms with van der Waals surface area (Å²) in [4.78, 5) is 4.80. The third kappa shape index (κ3) is 7.19. The number of fused-ring (bicyclic) bond motifs is 9. The van der Waals surface area contributed by atoms with E-state index in [2.05, 4.69) is 287 Å². The summed E-state index contributed by atoms with van der Waals surface area (Å²) < 4.78 is 5.08. The van der Waals surface area contributed by atoms with Gasteiger partial charge in [-0.1, -0.05) is 170 Å². The molecule has 338 valence electrons. The molecule has 0 spiro atoms. The highest BCUT2D eigenvalue weighted by Gasteiger charge is 2.22.